The molecule has 252 valence electrons. The second-order valence-corrected chi connectivity index (χ2v) is 13.6. The van der Waals surface area contributed by atoms with Crippen LogP contribution >= 0.6 is 0 Å². The first-order valence-electron chi connectivity index (χ1n) is 18.1. The third-order valence-corrected chi connectivity index (χ3v) is 10.4. The van der Waals surface area contributed by atoms with Gasteiger partial charge in [0, 0.05) is 38.2 Å². The molecule has 0 aliphatic rings. The predicted molar refractivity (Wildman–Crippen MR) is 221 cm³/mol. The Hall–Kier alpha value is -7.37. The zero-order valence-corrected chi connectivity index (χ0v) is 29.0. The molecule has 3 aromatic heterocycles. The SMILES string of the molecule is c1ccc(-c2nc(-c3ccccc3)nc(-c3cccc4oc5c(-n6c7ccccc7c7cc8ccccc8cc76)ccc(-c6ccccc6)c5c34)n2)cc1. The monoisotopic (exact) mass is 690 g/mol. The van der Waals surface area contributed by atoms with Crippen LogP contribution in [0.1, 0.15) is 0 Å². The molecular weight excluding hydrogens is 661 g/mol. The molecule has 0 atom stereocenters. The van der Waals surface area contributed by atoms with Crippen LogP contribution in [0.15, 0.2) is 186 Å². The van der Waals surface area contributed by atoms with Crippen LogP contribution in [0.5, 0.6) is 0 Å². The van der Waals surface area contributed by atoms with Gasteiger partial charge in [0.05, 0.1) is 16.7 Å². The lowest BCUT2D eigenvalue weighted by molar-refractivity contribution is 0.666. The molecule has 0 bridgehead atoms. The van der Waals surface area contributed by atoms with Crippen molar-refractivity contribution in [1.82, 2.24) is 19.5 Å². The number of para-hydroxylation sites is 1. The van der Waals surface area contributed by atoms with Gasteiger partial charge in [0.15, 0.2) is 23.1 Å². The maximum Gasteiger partial charge on any atom is 0.164 e. The van der Waals surface area contributed by atoms with Gasteiger partial charge in [-0.2, -0.15) is 0 Å². The quantitative estimate of drug-likeness (QED) is 0.180. The van der Waals surface area contributed by atoms with Crippen molar-refractivity contribution in [2.75, 3.05) is 0 Å². The molecule has 0 spiro atoms. The van der Waals surface area contributed by atoms with E-state index in [1.807, 2.05) is 72.8 Å². The van der Waals surface area contributed by atoms with Gasteiger partial charge in [0.1, 0.15) is 5.58 Å². The fourth-order valence-electron chi connectivity index (χ4n) is 7.97. The van der Waals surface area contributed by atoms with Crippen molar-refractivity contribution in [2.24, 2.45) is 0 Å². The second kappa shape index (κ2) is 12.1. The van der Waals surface area contributed by atoms with Crippen molar-refractivity contribution in [3.8, 4) is 51.0 Å². The molecular formula is C49H30N4O. The van der Waals surface area contributed by atoms with Crippen molar-refractivity contribution in [1.29, 1.82) is 0 Å². The number of nitrogens with zero attached hydrogens (tertiary/aromatic N) is 4. The number of hydrogen-bond donors (Lipinski definition) is 0. The van der Waals surface area contributed by atoms with Crippen LogP contribution in [0.2, 0.25) is 0 Å². The lowest BCUT2D eigenvalue weighted by Gasteiger charge is -2.13. The highest BCUT2D eigenvalue weighted by atomic mass is 16.3. The zero-order chi connectivity index (χ0) is 35.6. The topological polar surface area (TPSA) is 56.7 Å². The van der Waals surface area contributed by atoms with E-state index in [-0.39, 0.29) is 0 Å². The van der Waals surface area contributed by atoms with E-state index in [2.05, 4.69) is 114 Å². The molecule has 0 N–H and O–H groups in total. The van der Waals surface area contributed by atoms with Crippen molar-refractivity contribution >= 4 is 54.5 Å². The van der Waals surface area contributed by atoms with Gasteiger partial charge in [0.25, 0.3) is 0 Å². The molecule has 0 amide bonds. The molecule has 0 fully saturated rings. The van der Waals surface area contributed by atoms with Gasteiger partial charge in [-0.25, -0.2) is 15.0 Å². The van der Waals surface area contributed by atoms with Gasteiger partial charge in [0.2, 0.25) is 0 Å². The molecule has 0 aliphatic carbocycles. The Balaban J connectivity index is 1.25. The highest BCUT2D eigenvalue weighted by Gasteiger charge is 2.24. The summed E-state index contributed by atoms with van der Waals surface area (Å²) < 4.78 is 9.42. The minimum Gasteiger partial charge on any atom is -0.454 e. The number of rotatable bonds is 5. The maximum absolute atomic E-state index is 7.05. The van der Waals surface area contributed by atoms with E-state index in [4.69, 9.17) is 19.4 Å². The smallest absolute Gasteiger partial charge is 0.164 e. The van der Waals surface area contributed by atoms with Gasteiger partial charge in [-0.15, -0.1) is 0 Å². The number of fused-ring (bicyclic) bond motifs is 7. The average Bonchev–Trinajstić information content (AvgIpc) is 3.79. The van der Waals surface area contributed by atoms with E-state index in [0.717, 1.165) is 66.5 Å². The Bertz CT molecular complexity index is 3140. The summed E-state index contributed by atoms with van der Waals surface area (Å²) in [5.74, 6) is 1.82. The van der Waals surface area contributed by atoms with Gasteiger partial charge in [-0.1, -0.05) is 152 Å². The van der Waals surface area contributed by atoms with Crippen molar-refractivity contribution in [3.05, 3.63) is 182 Å². The molecule has 5 heteroatoms. The third-order valence-electron chi connectivity index (χ3n) is 10.4. The van der Waals surface area contributed by atoms with E-state index < -0.39 is 0 Å². The summed E-state index contributed by atoms with van der Waals surface area (Å²) in [6, 6.07) is 63.2. The van der Waals surface area contributed by atoms with Crippen LogP contribution < -0.4 is 0 Å². The molecule has 5 nitrogen and oxygen atoms in total. The molecule has 0 saturated heterocycles. The van der Waals surface area contributed by atoms with Crippen LogP contribution in [-0.4, -0.2) is 19.5 Å². The van der Waals surface area contributed by atoms with Crippen LogP contribution in [0.25, 0.3) is 105 Å². The first-order valence-corrected chi connectivity index (χ1v) is 18.1. The summed E-state index contributed by atoms with van der Waals surface area (Å²) in [6.45, 7) is 0. The first-order chi connectivity index (χ1) is 26.8. The highest BCUT2D eigenvalue weighted by molar-refractivity contribution is 6.21. The number of furan rings is 1. The summed E-state index contributed by atoms with van der Waals surface area (Å²) in [5, 5.41) is 6.78. The van der Waals surface area contributed by atoms with Crippen LogP contribution in [-0.2, 0) is 0 Å². The Labute approximate surface area is 310 Å². The van der Waals surface area contributed by atoms with Gasteiger partial charge in [-0.3, -0.25) is 0 Å². The van der Waals surface area contributed by atoms with E-state index in [0.29, 0.717) is 17.5 Å². The van der Waals surface area contributed by atoms with Crippen molar-refractivity contribution < 1.29 is 4.42 Å². The fraction of sp³-hybridized carbons (Fsp3) is 0. The maximum atomic E-state index is 7.05. The molecule has 3 heterocycles. The highest BCUT2D eigenvalue weighted by Crippen LogP contribution is 2.45. The lowest BCUT2D eigenvalue weighted by Crippen LogP contribution is -2.00. The Morgan fingerprint density at radius 2 is 0.981 bits per heavy atom. The van der Waals surface area contributed by atoms with E-state index in [1.165, 1.54) is 21.5 Å². The largest absolute Gasteiger partial charge is 0.454 e. The van der Waals surface area contributed by atoms with E-state index >= 15 is 0 Å². The normalized spacial score (nSPS) is 11.7. The van der Waals surface area contributed by atoms with E-state index in [9.17, 15) is 0 Å². The first kappa shape index (κ1) is 30.3. The number of hydrogen-bond acceptors (Lipinski definition) is 4. The minimum absolute atomic E-state index is 0.587. The summed E-state index contributed by atoms with van der Waals surface area (Å²) in [6.07, 6.45) is 0. The number of benzene rings is 8. The van der Waals surface area contributed by atoms with Crippen molar-refractivity contribution in [2.45, 2.75) is 0 Å². The number of aromatic nitrogens is 4. The summed E-state index contributed by atoms with van der Waals surface area (Å²) in [4.78, 5) is 15.3. The van der Waals surface area contributed by atoms with Crippen LogP contribution in [0.3, 0.4) is 0 Å². The summed E-state index contributed by atoms with van der Waals surface area (Å²) >= 11 is 0. The zero-order valence-electron chi connectivity index (χ0n) is 29.0. The molecule has 0 aliphatic heterocycles. The molecule has 0 unspecified atom stereocenters. The van der Waals surface area contributed by atoms with Gasteiger partial charge < -0.3 is 8.98 Å². The minimum atomic E-state index is 0.587. The third kappa shape index (κ3) is 4.76. The van der Waals surface area contributed by atoms with Gasteiger partial charge in [-0.05, 0) is 52.2 Å². The molecule has 0 radical (unpaired) electrons. The molecule has 11 aromatic rings. The van der Waals surface area contributed by atoms with Gasteiger partial charge >= 0.3 is 0 Å². The average molecular weight is 691 g/mol. The summed E-state index contributed by atoms with van der Waals surface area (Å²) in [5.41, 5.74) is 9.69. The molecule has 8 aromatic carbocycles. The Morgan fingerprint density at radius 3 is 1.69 bits per heavy atom. The van der Waals surface area contributed by atoms with Crippen molar-refractivity contribution in [3.63, 3.8) is 0 Å². The fourth-order valence-corrected chi connectivity index (χ4v) is 7.97. The lowest BCUT2D eigenvalue weighted by atomic mass is 9.96. The predicted octanol–water partition coefficient (Wildman–Crippen LogP) is 12.7. The summed E-state index contributed by atoms with van der Waals surface area (Å²) in [7, 11) is 0. The second-order valence-electron chi connectivity index (χ2n) is 13.6. The van der Waals surface area contributed by atoms with Crippen LogP contribution in [0, 0.1) is 0 Å². The Kier molecular flexibility index (Phi) is 6.79. The standard InChI is InChI=1S/C49H30N4O/c1-4-15-31(16-5-1)36-27-28-41(53-40-25-13-12-23-37(40)39-29-34-21-10-11-22-35(34)30-42(39)53)46-45(36)44-38(24-14-26-43(44)54-46)49-51-47(32-17-6-2-7-18-32)50-48(52-49)33-19-8-3-9-20-33/h1-30H. The molecule has 0 saturated carbocycles. The molecule has 11 rings (SSSR count). The van der Waals surface area contributed by atoms with Crippen LogP contribution in [0.4, 0.5) is 0 Å². The Morgan fingerprint density at radius 1 is 0.389 bits per heavy atom. The molecule has 54 heavy (non-hydrogen) atoms. The van der Waals surface area contributed by atoms with E-state index in [1.54, 1.807) is 0 Å².